The van der Waals surface area contributed by atoms with E-state index in [0.717, 1.165) is 12.1 Å². The molecule has 0 saturated carbocycles. The highest BCUT2D eigenvalue weighted by molar-refractivity contribution is 5.37. The first-order valence-electron chi connectivity index (χ1n) is 5.77. The van der Waals surface area contributed by atoms with Crippen molar-refractivity contribution < 1.29 is 23.0 Å². The Morgan fingerprint density at radius 3 is 2.60 bits per heavy atom. The molecular weight excluding hydrogens is 271 g/mol. The molecule has 6 heteroatoms. The molecule has 0 fully saturated rings. The van der Waals surface area contributed by atoms with E-state index >= 15 is 0 Å². The highest BCUT2D eigenvalue weighted by Crippen LogP contribution is 2.33. The molecule has 0 aliphatic heterocycles. The van der Waals surface area contributed by atoms with Crippen molar-refractivity contribution in [3.05, 3.63) is 59.3 Å². The maximum absolute atomic E-state index is 12.7. The number of rotatable bonds is 3. The molecule has 0 saturated heterocycles. The molecule has 2 rings (SSSR count). The molecule has 1 aromatic heterocycles. The summed E-state index contributed by atoms with van der Waals surface area (Å²) in [5.41, 5.74) is -0.364. The first-order chi connectivity index (χ1) is 9.43. The van der Waals surface area contributed by atoms with Crippen LogP contribution in [0.1, 0.15) is 22.8 Å². The van der Waals surface area contributed by atoms with E-state index in [0.29, 0.717) is 5.56 Å². The van der Waals surface area contributed by atoms with Crippen LogP contribution in [0.3, 0.4) is 0 Å². The van der Waals surface area contributed by atoms with Gasteiger partial charge >= 0.3 is 6.18 Å². The fourth-order valence-corrected chi connectivity index (χ4v) is 1.85. The maximum atomic E-state index is 12.7. The van der Waals surface area contributed by atoms with Gasteiger partial charge in [-0.1, -0.05) is 12.1 Å². The lowest BCUT2D eigenvalue weighted by Crippen LogP contribution is -2.08. The molecule has 20 heavy (non-hydrogen) atoms. The number of aromatic nitrogens is 1. The van der Waals surface area contributed by atoms with Crippen molar-refractivity contribution in [3.8, 4) is 5.88 Å². The topological polar surface area (TPSA) is 42.4 Å². The third kappa shape index (κ3) is 2.91. The molecule has 1 atom stereocenters. The average Bonchev–Trinajstić information content (AvgIpc) is 2.45. The van der Waals surface area contributed by atoms with Crippen LogP contribution in [0, 0.1) is 0 Å². The molecule has 0 amide bonds. The number of methoxy groups -OCH3 is 1. The van der Waals surface area contributed by atoms with Gasteiger partial charge in [-0.2, -0.15) is 13.2 Å². The number of alkyl halides is 3. The summed E-state index contributed by atoms with van der Waals surface area (Å²) in [5.74, 6) is 0.178. The summed E-state index contributed by atoms with van der Waals surface area (Å²) in [5, 5.41) is 10.2. The van der Waals surface area contributed by atoms with Gasteiger partial charge < -0.3 is 9.84 Å². The number of benzene rings is 1. The molecule has 0 radical (unpaired) electrons. The van der Waals surface area contributed by atoms with Crippen LogP contribution in [0.25, 0.3) is 0 Å². The fraction of sp³-hybridized carbons (Fsp3) is 0.214. The number of hydrogen-bond acceptors (Lipinski definition) is 3. The molecule has 0 aliphatic carbocycles. The van der Waals surface area contributed by atoms with Gasteiger partial charge in [0.1, 0.15) is 6.10 Å². The molecular formula is C14H12F3NO2. The normalized spacial score (nSPS) is 13.1. The summed E-state index contributed by atoms with van der Waals surface area (Å²) in [6.45, 7) is 0. The van der Waals surface area contributed by atoms with Crippen molar-refractivity contribution in [2.75, 3.05) is 7.11 Å². The van der Waals surface area contributed by atoms with Gasteiger partial charge in [0.2, 0.25) is 5.88 Å². The van der Waals surface area contributed by atoms with E-state index in [-0.39, 0.29) is 11.4 Å². The minimum Gasteiger partial charge on any atom is -0.481 e. The van der Waals surface area contributed by atoms with Crippen LogP contribution >= 0.6 is 0 Å². The molecule has 3 nitrogen and oxygen atoms in total. The summed E-state index contributed by atoms with van der Waals surface area (Å²) < 4.78 is 43.0. The average molecular weight is 283 g/mol. The SMILES string of the molecule is COc1ncccc1C(O)c1cccc(C(F)(F)F)c1. The number of aliphatic hydroxyl groups excluding tert-OH is 1. The van der Waals surface area contributed by atoms with E-state index in [1.807, 2.05) is 0 Å². The van der Waals surface area contributed by atoms with E-state index < -0.39 is 17.8 Å². The van der Waals surface area contributed by atoms with Crippen LogP contribution < -0.4 is 4.74 Å². The standard InChI is InChI=1S/C14H12F3NO2/c1-20-13-11(6-3-7-18-13)12(19)9-4-2-5-10(8-9)14(15,16)17/h2-8,12,19H,1H3. The Morgan fingerprint density at radius 1 is 1.20 bits per heavy atom. The highest BCUT2D eigenvalue weighted by atomic mass is 19.4. The van der Waals surface area contributed by atoms with Crippen molar-refractivity contribution in [3.63, 3.8) is 0 Å². The zero-order valence-electron chi connectivity index (χ0n) is 10.6. The maximum Gasteiger partial charge on any atom is 0.416 e. The molecule has 2 aromatic rings. The number of pyridine rings is 1. The van der Waals surface area contributed by atoms with Crippen LogP contribution in [0.2, 0.25) is 0 Å². The van der Waals surface area contributed by atoms with Crippen LogP contribution in [0.4, 0.5) is 13.2 Å². The number of halogens is 3. The predicted molar refractivity (Wildman–Crippen MR) is 66.3 cm³/mol. The fourth-order valence-electron chi connectivity index (χ4n) is 1.85. The largest absolute Gasteiger partial charge is 0.481 e. The van der Waals surface area contributed by atoms with Crippen molar-refractivity contribution >= 4 is 0 Å². The second-order valence-corrected chi connectivity index (χ2v) is 4.13. The Hall–Kier alpha value is -2.08. The van der Waals surface area contributed by atoms with E-state index in [9.17, 15) is 18.3 Å². The first-order valence-corrected chi connectivity index (χ1v) is 5.77. The molecule has 1 aromatic carbocycles. The van der Waals surface area contributed by atoms with Crippen LogP contribution in [-0.4, -0.2) is 17.2 Å². The summed E-state index contributed by atoms with van der Waals surface area (Å²) in [4.78, 5) is 3.91. The van der Waals surface area contributed by atoms with Gasteiger partial charge in [0, 0.05) is 11.8 Å². The Morgan fingerprint density at radius 2 is 1.95 bits per heavy atom. The van der Waals surface area contributed by atoms with Gasteiger partial charge in [-0.25, -0.2) is 4.98 Å². The Bertz CT molecular complexity index is 599. The molecule has 0 aliphatic rings. The number of aliphatic hydroxyl groups is 1. The Balaban J connectivity index is 2.41. The predicted octanol–water partition coefficient (Wildman–Crippen LogP) is 3.19. The van der Waals surface area contributed by atoms with Gasteiger partial charge in [0.15, 0.2) is 0 Å². The Kier molecular flexibility index (Phi) is 3.94. The minimum atomic E-state index is -4.45. The lowest BCUT2D eigenvalue weighted by molar-refractivity contribution is -0.137. The Labute approximate surface area is 113 Å². The van der Waals surface area contributed by atoms with Crippen LogP contribution in [-0.2, 0) is 6.18 Å². The van der Waals surface area contributed by atoms with Crippen LogP contribution in [0.5, 0.6) is 5.88 Å². The second-order valence-electron chi connectivity index (χ2n) is 4.13. The molecule has 0 spiro atoms. The first kappa shape index (κ1) is 14.3. The second kappa shape index (κ2) is 5.50. The third-order valence-electron chi connectivity index (χ3n) is 2.82. The number of ether oxygens (including phenoxy) is 1. The van der Waals surface area contributed by atoms with Gasteiger partial charge in [0.25, 0.3) is 0 Å². The lowest BCUT2D eigenvalue weighted by Gasteiger charge is -2.15. The summed E-state index contributed by atoms with van der Waals surface area (Å²) in [6, 6.07) is 7.68. The van der Waals surface area contributed by atoms with Gasteiger partial charge in [-0.3, -0.25) is 0 Å². The van der Waals surface area contributed by atoms with Crippen molar-refractivity contribution in [2.24, 2.45) is 0 Å². The minimum absolute atomic E-state index is 0.131. The van der Waals surface area contributed by atoms with Gasteiger partial charge in [-0.05, 0) is 29.8 Å². The van der Waals surface area contributed by atoms with E-state index in [2.05, 4.69) is 4.98 Å². The third-order valence-corrected chi connectivity index (χ3v) is 2.82. The van der Waals surface area contributed by atoms with E-state index in [1.54, 1.807) is 12.1 Å². The number of hydrogen-bond donors (Lipinski definition) is 1. The molecule has 106 valence electrons. The summed E-state index contributed by atoms with van der Waals surface area (Å²) in [6.07, 6.45) is -4.21. The van der Waals surface area contributed by atoms with Crippen molar-refractivity contribution in [1.29, 1.82) is 0 Å². The zero-order chi connectivity index (χ0) is 14.8. The van der Waals surface area contributed by atoms with Gasteiger partial charge in [0.05, 0.1) is 12.7 Å². The molecule has 1 heterocycles. The smallest absolute Gasteiger partial charge is 0.416 e. The van der Waals surface area contributed by atoms with Crippen molar-refractivity contribution in [2.45, 2.75) is 12.3 Å². The quantitative estimate of drug-likeness (QED) is 0.940. The molecule has 1 unspecified atom stereocenters. The number of nitrogens with zero attached hydrogens (tertiary/aromatic N) is 1. The van der Waals surface area contributed by atoms with E-state index in [1.165, 1.54) is 25.4 Å². The summed E-state index contributed by atoms with van der Waals surface area (Å²) >= 11 is 0. The monoisotopic (exact) mass is 283 g/mol. The lowest BCUT2D eigenvalue weighted by atomic mass is 10.0. The van der Waals surface area contributed by atoms with Crippen LogP contribution in [0.15, 0.2) is 42.6 Å². The zero-order valence-corrected chi connectivity index (χ0v) is 10.6. The van der Waals surface area contributed by atoms with E-state index in [4.69, 9.17) is 4.74 Å². The molecule has 1 N–H and O–H groups in total. The van der Waals surface area contributed by atoms with Crippen molar-refractivity contribution in [1.82, 2.24) is 4.98 Å². The molecule has 0 bridgehead atoms. The van der Waals surface area contributed by atoms with Gasteiger partial charge in [-0.15, -0.1) is 0 Å². The highest BCUT2D eigenvalue weighted by Gasteiger charge is 2.31. The summed E-state index contributed by atoms with van der Waals surface area (Å²) in [7, 11) is 1.38.